The fourth-order valence-electron chi connectivity index (χ4n) is 2.59. The quantitative estimate of drug-likeness (QED) is 0.325. The van der Waals surface area contributed by atoms with Gasteiger partial charge in [0.25, 0.3) is 0 Å². The molecule has 0 aliphatic heterocycles. The van der Waals surface area contributed by atoms with Gasteiger partial charge in [0.15, 0.2) is 11.5 Å². The van der Waals surface area contributed by atoms with Crippen molar-refractivity contribution in [1.82, 2.24) is 5.43 Å². The van der Waals surface area contributed by atoms with E-state index in [2.05, 4.69) is 17.5 Å². The fraction of sp³-hybridized carbons (Fsp3) is 0.600. The molecule has 1 aromatic rings. The van der Waals surface area contributed by atoms with Gasteiger partial charge < -0.3 is 9.84 Å². The molecule has 0 fully saturated rings. The number of aromatic hydroxyl groups is 1. The van der Waals surface area contributed by atoms with E-state index in [-0.39, 0.29) is 11.7 Å². The Kier molecular flexibility index (Phi) is 10.4. The Balaban J connectivity index is 2.27. The Morgan fingerprint density at radius 3 is 2.40 bits per heavy atom. The molecule has 1 aromatic carbocycles. The molecule has 0 spiro atoms. The van der Waals surface area contributed by atoms with Gasteiger partial charge in [0, 0.05) is 12.0 Å². The SMILES string of the molecule is CCCCCCCCCCC(=O)NN=C(C)c1ccc(O)c(OC)c1. The normalized spacial score (nSPS) is 11.4. The first-order chi connectivity index (χ1) is 12.1. The number of unbranched alkanes of at least 4 members (excludes halogenated alkanes) is 7. The van der Waals surface area contributed by atoms with Crippen LogP contribution in [0.25, 0.3) is 0 Å². The molecule has 0 aromatic heterocycles. The van der Waals surface area contributed by atoms with Crippen molar-refractivity contribution in [3.05, 3.63) is 23.8 Å². The zero-order chi connectivity index (χ0) is 18.5. The van der Waals surface area contributed by atoms with Crippen LogP contribution in [0.2, 0.25) is 0 Å². The molecule has 1 rings (SSSR count). The average Bonchev–Trinajstić information content (AvgIpc) is 2.62. The molecule has 1 amide bonds. The van der Waals surface area contributed by atoms with Gasteiger partial charge in [-0.2, -0.15) is 5.10 Å². The number of rotatable bonds is 12. The summed E-state index contributed by atoms with van der Waals surface area (Å²) in [5, 5.41) is 13.7. The predicted molar refractivity (Wildman–Crippen MR) is 102 cm³/mol. The Morgan fingerprint density at radius 1 is 1.12 bits per heavy atom. The second-order valence-electron chi connectivity index (χ2n) is 6.34. The molecule has 0 saturated heterocycles. The highest BCUT2D eigenvalue weighted by Gasteiger charge is 2.06. The van der Waals surface area contributed by atoms with Crippen LogP contribution in [0.5, 0.6) is 11.5 Å². The molecule has 0 atom stereocenters. The highest BCUT2D eigenvalue weighted by Crippen LogP contribution is 2.26. The summed E-state index contributed by atoms with van der Waals surface area (Å²) >= 11 is 0. The monoisotopic (exact) mass is 348 g/mol. The molecule has 0 heterocycles. The number of ether oxygens (including phenoxy) is 1. The second-order valence-corrected chi connectivity index (χ2v) is 6.34. The maximum atomic E-state index is 11.8. The minimum atomic E-state index is -0.0592. The van der Waals surface area contributed by atoms with Gasteiger partial charge in [0.1, 0.15) is 0 Å². The van der Waals surface area contributed by atoms with Crippen molar-refractivity contribution >= 4 is 11.6 Å². The summed E-state index contributed by atoms with van der Waals surface area (Å²) in [4.78, 5) is 11.8. The van der Waals surface area contributed by atoms with Crippen LogP contribution in [-0.4, -0.2) is 23.8 Å². The molecule has 140 valence electrons. The number of hydrogen-bond acceptors (Lipinski definition) is 4. The van der Waals surface area contributed by atoms with Gasteiger partial charge >= 0.3 is 0 Å². The molecular formula is C20H32N2O3. The molecule has 5 nitrogen and oxygen atoms in total. The van der Waals surface area contributed by atoms with Gasteiger partial charge in [-0.05, 0) is 31.5 Å². The van der Waals surface area contributed by atoms with Crippen molar-refractivity contribution < 1.29 is 14.6 Å². The topological polar surface area (TPSA) is 70.9 Å². The molecule has 25 heavy (non-hydrogen) atoms. The number of methoxy groups -OCH3 is 1. The minimum absolute atomic E-state index is 0.0592. The maximum Gasteiger partial charge on any atom is 0.240 e. The zero-order valence-electron chi connectivity index (χ0n) is 15.8. The van der Waals surface area contributed by atoms with E-state index in [1.807, 2.05) is 6.92 Å². The third-order valence-corrected chi connectivity index (χ3v) is 4.20. The number of hydrazone groups is 1. The highest BCUT2D eigenvalue weighted by atomic mass is 16.5. The summed E-state index contributed by atoms with van der Waals surface area (Å²) in [6.45, 7) is 4.03. The molecule has 0 unspecified atom stereocenters. The van der Waals surface area contributed by atoms with Gasteiger partial charge in [-0.3, -0.25) is 4.79 Å². The van der Waals surface area contributed by atoms with E-state index in [1.165, 1.54) is 45.6 Å². The number of carbonyl (C=O) groups excluding carboxylic acids is 1. The van der Waals surface area contributed by atoms with Crippen LogP contribution in [0, 0.1) is 0 Å². The van der Waals surface area contributed by atoms with E-state index in [4.69, 9.17) is 4.74 Å². The minimum Gasteiger partial charge on any atom is -0.504 e. The van der Waals surface area contributed by atoms with Crippen LogP contribution in [0.3, 0.4) is 0 Å². The van der Waals surface area contributed by atoms with Gasteiger partial charge in [0.2, 0.25) is 5.91 Å². The molecule has 0 saturated carbocycles. The van der Waals surface area contributed by atoms with E-state index in [9.17, 15) is 9.90 Å². The number of hydrogen-bond donors (Lipinski definition) is 2. The molecular weight excluding hydrogens is 316 g/mol. The zero-order valence-corrected chi connectivity index (χ0v) is 15.8. The number of phenols is 1. The molecule has 0 aliphatic carbocycles. The number of amides is 1. The predicted octanol–water partition coefficient (Wildman–Crippen LogP) is 4.77. The summed E-state index contributed by atoms with van der Waals surface area (Å²) in [6, 6.07) is 4.98. The van der Waals surface area contributed by atoms with Crippen molar-refractivity contribution in [2.45, 2.75) is 71.6 Å². The van der Waals surface area contributed by atoms with E-state index < -0.39 is 0 Å². The van der Waals surface area contributed by atoms with Crippen molar-refractivity contribution in [3.8, 4) is 11.5 Å². The Hall–Kier alpha value is -2.04. The molecule has 0 aliphatic rings. The lowest BCUT2D eigenvalue weighted by molar-refractivity contribution is -0.121. The largest absolute Gasteiger partial charge is 0.504 e. The second kappa shape index (κ2) is 12.3. The lowest BCUT2D eigenvalue weighted by Gasteiger charge is -2.07. The number of nitrogens with one attached hydrogen (secondary N) is 1. The highest BCUT2D eigenvalue weighted by molar-refractivity contribution is 5.99. The first kappa shape index (κ1) is 21.0. The Morgan fingerprint density at radius 2 is 1.76 bits per heavy atom. The standard InChI is InChI=1S/C20H32N2O3/c1-4-5-6-7-8-9-10-11-12-20(24)22-21-16(2)17-13-14-18(23)19(15-17)25-3/h13-15,23H,4-12H2,1-3H3,(H,22,24). The van der Waals surface area contributed by atoms with Crippen LogP contribution >= 0.6 is 0 Å². The van der Waals surface area contributed by atoms with Crippen LogP contribution in [0.1, 0.15) is 77.2 Å². The van der Waals surface area contributed by atoms with Crippen molar-refractivity contribution in [2.24, 2.45) is 5.10 Å². The third-order valence-electron chi connectivity index (χ3n) is 4.20. The number of nitrogens with zero attached hydrogens (tertiary/aromatic N) is 1. The first-order valence-electron chi connectivity index (χ1n) is 9.29. The van der Waals surface area contributed by atoms with Gasteiger partial charge in [-0.1, -0.05) is 51.9 Å². The van der Waals surface area contributed by atoms with Crippen molar-refractivity contribution in [2.75, 3.05) is 7.11 Å². The molecule has 0 bridgehead atoms. The summed E-state index contributed by atoms with van der Waals surface area (Å²) in [7, 11) is 1.50. The van der Waals surface area contributed by atoms with E-state index in [0.29, 0.717) is 17.9 Å². The summed E-state index contributed by atoms with van der Waals surface area (Å²) in [5.74, 6) is 0.408. The average molecular weight is 348 g/mol. The smallest absolute Gasteiger partial charge is 0.240 e. The van der Waals surface area contributed by atoms with E-state index >= 15 is 0 Å². The number of phenolic OH excluding ortho intramolecular Hbond substituents is 1. The molecule has 0 radical (unpaired) electrons. The lowest BCUT2D eigenvalue weighted by Crippen LogP contribution is -2.18. The maximum absolute atomic E-state index is 11.8. The van der Waals surface area contributed by atoms with E-state index in [0.717, 1.165) is 18.4 Å². The van der Waals surface area contributed by atoms with E-state index in [1.54, 1.807) is 18.2 Å². The first-order valence-corrected chi connectivity index (χ1v) is 9.29. The lowest BCUT2D eigenvalue weighted by atomic mass is 10.1. The van der Waals surface area contributed by atoms with Crippen LogP contribution in [0.4, 0.5) is 0 Å². The van der Waals surface area contributed by atoms with Gasteiger partial charge in [-0.25, -0.2) is 5.43 Å². The molecule has 5 heteroatoms. The summed E-state index contributed by atoms with van der Waals surface area (Å²) in [5.41, 5.74) is 4.06. The van der Waals surface area contributed by atoms with Crippen LogP contribution < -0.4 is 10.2 Å². The van der Waals surface area contributed by atoms with Crippen molar-refractivity contribution in [3.63, 3.8) is 0 Å². The molecule has 2 N–H and O–H groups in total. The Labute approximate surface area is 151 Å². The third kappa shape index (κ3) is 8.57. The number of carbonyl (C=O) groups is 1. The van der Waals surface area contributed by atoms with Crippen LogP contribution in [-0.2, 0) is 4.79 Å². The number of benzene rings is 1. The van der Waals surface area contributed by atoms with Gasteiger partial charge in [0.05, 0.1) is 12.8 Å². The van der Waals surface area contributed by atoms with Crippen LogP contribution in [0.15, 0.2) is 23.3 Å². The fourth-order valence-corrected chi connectivity index (χ4v) is 2.59. The Bertz CT molecular complexity index is 556. The summed E-state index contributed by atoms with van der Waals surface area (Å²) in [6.07, 6.45) is 10.2. The summed E-state index contributed by atoms with van der Waals surface area (Å²) < 4.78 is 5.08. The van der Waals surface area contributed by atoms with Crippen molar-refractivity contribution in [1.29, 1.82) is 0 Å². The van der Waals surface area contributed by atoms with Gasteiger partial charge in [-0.15, -0.1) is 0 Å².